The molecule has 0 spiro atoms. The van der Waals surface area contributed by atoms with Crippen LogP contribution < -0.4 is 10.2 Å². The quantitative estimate of drug-likeness (QED) is 0.935. The SMILES string of the molecule is O=C(Nc1ccccc1N1CCCC1)c1ccc(F)c(F)c1. The van der Waals surface area contributed by atoms with E-state index in [1.807, 2.05) is 24.3 Å². The van der Waals surface area contributed by atoms with E-state index in [1.165, 1.54) is 6.07 Å². The molecule has 0 atom stereocenters. The van der Waals surface area contributed by atoms with E-state index in [1.54, 1.807) is 0 Å². The molecule has 1 aliphatic rings. The van der Waals surface area contributed by atoms with E-state index in [0.717, 1.165) is 43.8 Å². The van der Waals surface area contributed by atoms with E-state index in [2.05, 4.69) is 10.2 Å². The van der Waals surface area contributed by atoms with Gasteiger partial charge in [0.25, 0.3) is 5.91 Å². The van der Waals surface area contributed by atoms with Crippen molar-refractivity contribution in [2.24, 2.45) is 0 Å². The fourth-order valence-corrected chi connectivity index (χ4v) is 2.64. The zero-order valence-electron chi connectivity index (χ0n) is 12.0. The molecule has 5 heteroatoms. The van der Waals surface area contributed by atoms with Gasteiger partial charge in [0.15, 0.2) is 11.6 Å². The number of hydrogen-bond acceptors (Lipinski definition) is 2. The first-order valence-electron chi connectivity index (χ1n) is 7.25. The van der Waals surface area contributed by atoms with E-state index in [9.17, 15) is 13.6 Å². The summed E-state index contributed by atoms with van der Waals surface area (Å²) < 4.78 is 26.2. The van der Waals surface area contributed by atoms with Crippen molar-refractivity contribution in [1.29, 1.82) is 0 Å². The van der Waals surface area contributed by atoms with Crippen LogP contribution in [0.25, 0.3) is 0 Å². The molecule has 3 rings (SSSR count). The number of carbonyl (C=O) groups excluding carboxylic acids is 1. The third kappa shape index (κ3) is 2.93. The normalized spacial score (nSPS) is 14.2. The predicted molar refractivity (Wildman–Crippen MR) is 82.2 cm³/mol. The van der Waals surface area contributed by atoms with Gasteiger partial charge in [-0.15, -0.1) is 0 Å². The van der Waals surface area contributed by atoms with E-state index in [0.29, 0.717) is 5.69 Å². The first-order chi connectivity index (χ1) is 10.6. The van der Waals surface area contributed by atoms with Crippen molar-refractivity contribution < 1.29 is 13.6 Å². The van der Waals surface area contributed by atoms with Gasteiger partial charge in [-0.1, -0.05) is 12.1 Å². The van der Waals surface area contributed by atoms with Gasteiger partial charge >= 0.3 is 0 Å². The van der Waals surface area contributed by atoms with Crippen molar-refractivity contribution in [3.63, 3.8) is 0 Å². The second-order valence-corrected chi connectivity index (χ2v) is 5.29. The lowest BCUT2D eigenvalue weighted by atomic mass is 10.2. The third-order valence-corrected chi connectivity index (χ3v) is 3.78. The Bertz CT molecular complexity index is 697. The second kappa shape index (κ2) is 6.13. The van der Waals surface area contributed by atoms with Crippen molar-refractivity contribution >= 4 is 17.3 Å². The molecule has 114 valence electrons. The summed E-state index contributed by atoms with van der Waals surface area (Å²) >= 11 is 0. The van der Waals surface area contributed by atoms with E-state index in [-0.39, 0.29) is 5.56 Å². The van der Waals surface area contributed by atoms with E-state index < -0.39 is 17.5 Å². The Morgan fingerprint density at radius 2 is 1.73 bits per heavy atom. The van der Waals surface area contributed by atoms with Crippen molar-refractivity contribution in [1.82, 2.24) is 0 Å². The highest BCUT2D eigenvalue weighted by Gasteiger charge is 2.17. The number of anilines is 2. The molecule has 0 aliphatic carbocycles. The van der Waals surface area contributed by atoms with Gasteiger partial charge in [-0.25, -0.2) is 8.78 Å². The maximum absolute atomic E-state index is 13.2. The van der Waals surface area contributed by atoms with Crippen LogP contribution in [0.2, 0.25) is 0 Å². The van der Waals surface area contributed by atoms with Gasteiger partial charge in [-0.3, -0.25) is 4.79 Å². The fourth-order valence-electron chi connectivity index (χ4n) is 2.64. The minimum absolute atomic E-state index is 0.0927. The van der Waals surface area contributed by atoms with Crippen LogP contribution in [0.4, 0.5) is 20.2 Å². The molecule has 1 amide bonds. The lowest BCUT2D eigenvalue weighted by molar-refractivity contribution is 0.102. The Balaban J connectivity index is 1.83. The molecule has 3 nitrogen and oxygen atoms in total. The third-order valence-electron chi connectivity index (χ3n) is 3.78. The fraction of sp³-hybridized carbons (Fsp3) is 0.235. The summed E-state index contributed by atoms with van der Waals surface area (Å²) in [5, 5.41) is 2.78. The molecule has 0 bridgehead atoms. The summed E-state index contributed by atoms with van der Waals surface area (Å²) in [7, 11) is 0. The molecule has 1 fully saturated rings. The molecule has 1 saturated heterocycles. The monoisotopic (exact) mass is 302 g/mol. The second-order valence-electron chi connectivity index (χ2n) is 5.29. The van der Waals surface area contributed by atoms with E-state index in [4.69, 9.17) is 0 Å². The Morgan fingerprint density at radius 1 is 1.00 bits per heavy atom. The molecule has 1 N–H and O–H groups in total. The number of nitrogens with zero attached hydrogens (tertiary/aromatic N) is 1. The van der Waals surface area contributed by atoms with Crippen molar-refractivity contribution in [2.75, 3.05) is 23.3 Å². The summed E-state index contributed by atoms with van der Waals surface area (Å²) in [5.74, 6) is -2.44. The molecular formula is C17H16F2N2O. The largest absolute Gasteiger partial charge is 0.370 e. The number of nitrogens with one attached hydrogen (secondary N) is 1. The smallest absolute Gasteiger partial charge is 0.255 e. The summed E-state index contributed by atoms with van der Waals surface area (Å²) in [4.78, 5) is 14.4. The molecule has 1 aliphatic heterocycles. The van der Waals surface area contributed by atoms with Crippen LogP contribution in [-0.4, -0.2) is 19.0 Å². The van der Waals surface area contributed by atoms with Gasteiger partial charge in [0, 0.05) is 18.7 Å². The molecule has 0 saturated carbocycles. The zero-order valence-corrected chi connectivity index (χ0v) is 12.0. The molecule has 22 heavy (non-hydrogen) atoms. The van der Waals surface area contributed by atoms with Crippen LogP contribution in [0.1, 0.15) is 23.2 Å². The highest BCUT2D eigenvalue weighted by molar-refractivity contribution is 6.05. The minimum Gasteiger partial charge on any atom is -0.370 e. The van der Waals surface area contributed by atoms with Crippen molar-refractivity contribution in [3.8, 4) is 0 Å². The van der Waals surface area contributed by atoms with Gasteiger partial charge in [-0.05, 0) is 43.2 Å². The van der Waals surface area contributed by atoms with Crippen LogP contribution in [0.15, 0.2) is 42.5 Å². The van der Waals surface area contributed by atoms with Crippen LogP contribution in [0, 0.1) is 11.6 Å². The lowest BCUT2D eigenvalue weighted by Crippen LogP contribution is -2.21. The number of benzene rings is 2. The first-order valence-corrected chi connectivity index (χ1v) is 7.25. The van der Waals surface area contributed by atoms with Crippen LogP contribution in [0.5, 0.6) is 0 Å². The molecule has 2 aromatic carbocycles. The van der Waals surface area contributed by atoms with Crippen molar-refractivity contribution in [2.45, 2.75) is 12.8 Å². The lowest BCUT2D eigenvalue weighted by Gasteiger charge is -2.21. The van der Waals surface area contributed by atoms with Gasteiger partial charge in [0.2, 0.25) is 0 Å². The number of rotatable bonds is 3. The summed E-state index contributed by atoms with van der Waals surface area (Å²) in [5.41, 5.74) is 1.73. The van der Waals surface area contributed by atoms with E-state index >= 15 is 0 Å². The first kappa shape index (κ1) is 14.5. The number of carbonyl (C=O) groups is 1. The predicted octanol–water partition coefficient (Wildman–Crippen LogP) is 3.82. The maximum Gasteiger partial charge on any atom is 0.255 e. The zero-order chi connectivity index (χ0) is 15.5. The highest BCUT2D eigenvalue weighted by atomic mass is 19.2. The Hall–Kier alpha value is -2.43. The molecule has 0 unspecified atom stereocenters. The minimum atomic E-state index is -1.03. The highest BCUT2D eigenvalue weighted by Crippen LogP contribution is 2.29. The van der Waals surface area contributed by atoms with Crippen molar-refractivity contribution in [3.05, 3.63) is 59.7 Å². The summed E-state index contributed by atoms with van der Waals surface area (Å²) in [6.07, 6.45) is 2.26. The number of para-hydroxylation sites is 2. The summed E-state index contributed by atoms with van der Waals surface area (Å²) in [6.45, 7) is 1.91. The molecule has 0 aromatic heterocycles. The Kier molecular flexibility index (Phi) is 4.04. The Labute approximate surface area is 127 Å². The average molecular weight is 302 g/mol. The van der Waals surface area contributed by atoms with Crippen LogP contribution in [-0.2, 0) is 0 Å². The standard InChI is InChI=1S/C17H16F2N2O/c18-13-8-7-12(11-14(13)19)17(22)20-15-5-1-2-6-16(15)21-9-3-4-10-21/h1-2,5-8,11H,3-4,9-10H2,(H,20,22). The molecule has 0 radical (unpaired) electrons. The topological polar surface area (TPSA) is 32.3 Å². The number of halogens is 2. The molecular weight excluding hydrogens is 286 g/mol. The van der Waals surface area contributed by atoms with Gasteiger partial charge in [0.05, 0.1) is 11.4 Å². The summed E-state index contributed by atoms with van der Waals surface area (Å²) in [6, 6.07) is 10.6. The van der Waals surface area contributed by atoms with Gasteiger partial charge < -0.3 is 10.2 Å². The number of hydrogen-bond donors (Lipinski definition) is 1. The van der Waals surface area contributed by atoms with Crippen LogP contribution in [0.3, 0.4) is 0 Å². The van der Waals surface area contributed by atoms with Gasteiger partial charge in [-0.2, -0.15) is 0 Å². The molecule has 2 aromatic rings. The number of amides is 1. The maximum atomic E-state index is 13.2. The Morgan fingerprint density at radius 3 is 2.45 bits per heavy atom. The molecule has 1 heterocycles. The van der Waals surface area contributed by atoms with Gasteiger partial charge in [0.1, 0.15) is 0 Å². The van der Waals surface area contributed by atoms with Crippen LogP contribution >= 0.6 is 0 Å². The average Bonchev–Trinajstić information content (AvgIpc) is 3.04.